The van der Waals surface area contributed by atoms with Gasteiger partial charge in [0.2, 0.25) is 0 Å². The summed E-state index contributed by atoms with van der Waals surface area (Å²) in [5, 5.41) is 9.11. The number of benzene rings is 5. The van der Waals surface area contributed by atoms with Crippen molar-refractivity contribution in [3.05, 3.63) is 70.8 Å². The van der Waals surface area contributed by atoms with E-state index in [2.05, 4.69) is 5.32 Å². The molecule has 0 saturated carbocycles. The molecule has 140 valence electrons. The van der Waals surface area contributed by atoms with Gasteiger partial charge < -0.3 is 0 Å². The second-order valence-corrected chi connectivity index (χ2v) is 7.95. The Labute approximate surface area is 168 Å². The van der Waals surface area contributed by atoms with Gasteiger partial charge in [0, 0.05) is 33.0 Å². The van der Waals surface area contributed by atoms with Gasteiger partial charge in [-0.15, -0.1) is 0 Å². The second-order valence-electron chi connectivity index (χ2n) is 7.95. The molecule has 1 aliphatic carbocycles. The van der Waals surface area contributed by atoms with E-state index in [1.54, 1.807) is 24.3 Å². The van der Waals surface area contributed by atoms with Crippen molar-refractivity contribution in [1.29, 1.82) is 0 Å². The van der Waals surface area contributed by atoms with E-state index < -0.39 is 11.8 Å². The molecule has 0 radical (unpaired) electrons. The van der Waals surface area contributed by atoms with E-state index in [4.69, 9.17) is 0 Å². The summed E-state index contributed by atoms with van der Waals surface area (Å²) in [4.78, 5) is 50.0. The van der Waals surface area contributed by atoms with Crippen LogP contribution in [-0.4, -0.2) is 23.4 Å². The molecular formula is C25H11NO4. The van der Waals surface area contributed by atoms with Gasteiger partial charge in [0.05, 0.1) is 6.42 Å². The topological polar surface area (TPSA) is 80.3 Å². The number of hydrogen-bond acceptors (Lipinski definition) is 4. The van der Waals surface area contributed by atoms with Crippen LogP contribution in [0.1, 0.15) is 47.9 Å². The van der Waals surface area contributed by atoms with E-state index in [1.807, 2.05) is 24.3 Å². The second kappa shape index (κ2) is 4.89. The number of rotatable bonds is 0. The highest BCUT2D eigenvalue weighted by Crippen LogP contribution is 2.45. The summed E-state index contributed by atoms with van der Waals surface area (Å²) >= 11 is 0. The molecule has 30 heavy (non-hydrogen) atoms. The molecule has 0 bridgehead atoms. The van der Waals surface area contributed by atoms with Crippen molar-refractivity contribution in [2.24, 2.45) is 0 Å². The lowest BCUT2D eigenvalue weighted by molar-refractivity contribution is 0.0839. The first-order chi connectivity index (χ1) is 14.5. The summed E-state index contributed by atoms with van der Waals surface area (Å²) in [6.45, 7) is 0. The molecule has 5 aromatic carbocycles. The third-order valence-electron chi connectivity index (χ3n) is 6.54. The van der Waals surface area contributed by atoms with Crippen LogP contribution < -0.4 is 5.32 Å². The van der Waals surface area contributed by atoms with E-state index >= 15 is 0 Å². The van der Waals surface area contributed by atoms with Crippen molar-refractivity contribution in [3.8, 4) is 0 Å². The zero-order valence-corrected chi connectivity index (χ0v) is 15.5. The number of hydrogen-bond donors (Lipinski definition) is 1. The average Bonchev–Trinajstić information content (AvgIpc) is 2.74. The first kappa shape index (κ1) is 15.8. The van der Waals surface area contributed by atoms with Crippen LogP contribution in [0.3, 0.4) is 0 Å². The van der Waals surface area contributed by atoms with E-state index in [1.165, 1.54) is 0 Å². The lowest BCUT2D eigenvalue weighted by atomic mass is 9.80. The molecule has 0 spiro atoms. The summed E-state index contributed by atoms with van der Waals surface area (Å²) in [7, 11) is 0. The smallest absolute Gasteiger partial charge is 0.258 e. The Morgan fingerprint density at radius 1 is 0.467 bits per heavy atom. The van der Waals surface area contributed by atoms with Gasteiger partial charge in [-0.2, -0.15) is 0 Å². The molecule has 2 amide bonds. The Morgan fingerprint density at radius 3 is 1.27 bits per heavy atom. The number of amides is 2. The first-order valence-electron chi connectivity index (χ1n) is 9.67. The van der Waals surface area contributed by atoms with Gasteiger partial charge in [0.25, 0.3) is 11.8 Å². The maximum atomic E-state index is 12.6. The minimum atomic E-state index is -0.400. The molecule has 0 saturated heterocycles. The third-order valence-corrected chi connectivity index (χ3v) is 6.54. The zero-order valence-electron chi connectivity index (χ0n) is 15.5. The highest BCUT2D eigenvalue weighted by molar-refractivity contribution is 6.41. The van der Waals surface area contributed by atoms with Crippen LogP contribution >= 0.6 is 0 Å². The van der Waals surface area contributed by atoms with E-state index in [0.29, 0.717) is 33.0 Å². The molecule has 0 fully saturated rings. The predicted octanol–water partition coefficient (Wildman–Crippen LogP) is 4.39. The summed E-state index contributed by atoms with van der Waals surface area (Å²) in [6.07, 6.45) is -0.100. The monoisotopic (exact) mass is 389 g/mol. The van der Waals surface area contributed by atoms with Crippen LogP contribution in [-0.2, 0) is 0 Å². The minimum absolute atomic E-state index is 0.100. The molecule has 5 aromatic rings. The molecule has 1 heterocycles. The van der Waals surface area contributed by atoms with E-state index in [0.717, 1.165) is 32.3 Å². The normalized spacial score (nSPS) is 15.7. The van der Waals surface area contributed by atoms with Crippen LogP contribution in [0, 0.1) is 0 Å². The molecule has 2 aliphatic rings. The Kier molecular flexibility index (Phi) is 2.57. The van der Waals surface area contributed by atoms with Crippen molar-refractivity contribution in [2.45, 2.75) is 6.42 Å². The maximum absolute atomic E-state index is 12.6. The van der Waals surface area contributed by atoms with Crippen LogP contribution in [0.4, 0.5) is 0 Å². The minimum Gasteiger partial charge on any atom is -0.294 e. The number of Topliss-reactive ketones (excluding diaryl/α,β-unsaturated/α-hetero) is 2. The molecule has 1 N–H and O–H groups in total. The summed E-state index contributed by atoms with van der Waals surface area (Å²) in [5.41, 5.74) is 2.11. The van der Waals surface area contributed by atoms with Crippen LogP contribution in [0.15, 0.2) is 48.5 Å². The standard InChI is InChI=1S/C25H11NO4/c27-18-9-19(28)15-6-2-11-13-4-8-17-23-16(24(29)26-25(17)30)7-3-12(21(13)23)10-1-5-14(18)22(15)20(10)11/h1-8H,9H2,(H,26,29,30). The molecule has 5 heteroatoms. The summed E-state index contributed by atoms with van der Waals surface area (Å²) < 4.78 is 0. The van der Waals surface area contributed by atoms with Crippen molar-refractivity contribution in [3.63, 3.8) is 0 Å². The van der Waals surface area contributed by atoms with Crippen LogP contribution in [0.5, 0.6) is 0 Å². The SMILES string of the molecule is O=C1CC(=O)c2ccc3c4ccc5c6c(ccc(c7ccc1c2c73)c64)C(=O)NC5=O. The lowest BCUT2D eigenvalue weighted by Crippen LogP contribution is -2.34. The molecule has 0 atom stereocenters. The van der Waals surface area contributed by atoms with Gasteiger partial charge in [0.15, 0.2) is 11.6 Å². The Bertz CT molecular complexity index is 1470. The lowest BCUT2D eigenvalue weighted by Gasteiger charge is -2.23. The summed E-state index contributed by atoms with van der Waals surface area (Å²) in [6, 6.07) is 14.7. The highest BCUT2D eigenvalue weighted by Gasteiger charge is 2.30. The summed E-state index contributed by atoms with van der Waals surface area (Å²) in [5.74, 6) is -1.11. The first-order valence-corrected chi connectivity index (χ1v) is 9.67. The predicted molar refractivity (Wildman–Crippen MR) is 113 cm³/mol. The van der Waals surface area contributed by atoms with Crippen molar-refractivity contribution >= 4 is 66.5 Å². The average molecular weight is 389 g/mol. The molecule has 5 nitrogen and oxygen atoms in total. The highest BCUT2D eigenvalue weighted by atomic mass is 16.2. The van der Waals surface area contributed by atoms with Gasteiger partial charge in [-0.1, -0.05) is 36.4 Å². The van der Waals surface area contributed by atoms with Gasteiger partial charge in [-0.05, 0) is 44.5 Å². The van der Waals surface area contributed by atoms with Crippen molar-refractivity contribution in [2.75, 3.05) is 0 Å². The Hall–Kier alpha value is -4.12. The maximum Gasteiger partial charge on any atom is 0.258 e. The number of fused-ring (bicyclic) bond motifs is 2. The largest absolute Gasteiger partial charge is 0.294 e. The number of carbonyl (C=O) groups is 4. The molecule has 1 aliphatic heterocycles. The number of imide groups is 1. The molecule has 7 rings (SSSR count). The Morgan fingerprint density at radius 2 is 0.833 bits per heavy atom. The third kappa shape index (κ3) is 1.62. The fraction of sp³-hybridized carbons (Fsp3) is 0.0400. The molecule has 0 aromatic heterocycles. The molecular weight excluding hydrogens is 378 g/mol. The van der Waals surface area contributed by atoms with Crippen molar-refractivity contribution < 1.29 is 19.2 Å². The van der Waals surface area contributed by atoms with Gasteiger partial charge >= 0.3 is 0 Å². The van der Waals surface area contributed by atoms with Gasteiger partial charge in [0.1, 0.15) is 0 Å². The van der Waals surface area contributed by atoms with Gasteiger partial charge in [-0.25, -0.2) is 0 Å². The van der Waals surface area contributed by atoms with E-state index in [-0.39, 0.29) is 18.0 Å². The number of nitrogens with one attached hydrogen (secondary N) is 1. The number of carbonyl (C=O) groups excluding carboxylic acids is 4. The van der Waals surface area contributed by atoms with E-state index in [9.17, 15) is 19.2 Å². The fourth-order valence-electron chi connectivity index (χ4n) is 5.31. The Balaban J connectivity index is 1.82. The number of ketones is 2. The quantitative estimate of drug-likeness (QED) is 0.184. The van der Waals surface area contributed by atoms with Crippen LogP contribution in [0.25, 0.3) is 43.1 Å². The fourth-order valence-corrected chi connectivity index (χ4v) is 5.31. The van der Waals surface area contributed by atoms with Crippen molar-refractivity contribution in [1.82, 2.24) is 5.32 Å². The zero-order chi connectivity index (χ0) is 20.3. The molecule has 0 unspecified atom stereocenters. The van der Waals surface area contributed by atoms with Crippen LogP contribution in [0.2, 0.25) is 0 Å². The van der Waals surface area contributed by atoms with Gasteiger partial charge in [-0.3, -0.25) is 24.5 Å².